The molecule has 0 aromatic rings. The fourth-order valence-corrected chi connectivity index (χ4v) is 1.30. The van der Waals surface area contributed by atoms with Crippen molar-refractivity contribution in [2.45, 2.75) is 33.1 Å². The van der Waals surface area contributed by atoms with Gasteiger partial charge in [-0.25, -0.2) is 0 Å². The molecule has 0 bridgehead atoms. The van der Waals surface area contributed by atoms with Crippen LogP contribution >= 0.6 is 0 Å². The molecule has 0 N–H and O–H groups in total. The molecule has 0 amide bonds. The van der Waals surface area contributed by atoms with Crippen LogP contribution in [-0.2, 0) is 9.59 Å². The first-order valence-electron chi connectivity index (χ1n) is 4.40. The van der Waals surface area contributed by atoms with E-state index in [9.17, 15) is 19.8 Å². The van der Waals surface area contributed by atoms with Crippen LogP contribution in [0.15, 0.2) is 0 Å². The zero-order valence-electron chi connectivity index (χ0n) is 9.91. The van der Waals surface area contributed by atoms with Crippen molar-refractivity contribution >= 4 is 11.9 Å². The molecule has 0 heterocycles. The normalized spacial score (nSPS) is 11.1. The third-order valence-electron chi connectivity index (χ3n) is 1.99. The molecule has 0 aliphatic heterocycles. The van der Waals surface area contributed by atoms with Crippen LogP contribution in [0.25, 0.3) is 0 Å². The zero-order chi connectivity index (χ0) is 10.4. The maximum absolute atomic E-state index is 10.3. The van der Waals surface area contributed by atoms with Crippen molar-refractivity contribution in [3.05, 3.63) is 0 Å². The largest absolute Gasteiger partial charge is 1.00 e. The molecule has 1 unspecified atom stereocenters. The van der Waals surface area contributed by atoms with Crippen molar-refractivity contribution < 1.29 is 78.9 Å². The van der Waals surface area contributed by atoms with Gasteiger partial charge in [-0.05, 0) is 12.3 Å². The fourth-order valence-electron chi connectivity index (χ4n) is 1.30. The Balaban J connectivity index is -0.000000720. The van der Waals surface area contributed by atoms with Gasteiger partial charge in [0.05, 0.1) is 11.9 Å². The van der Waals surface area contributed by atoms with Gasteiger partial charge in [0.1, 0.15) is 0 Å². The Labute approximate surface area is 134 Å². The van der Waals surface area contributed by atoms with Gasteiger partial charge in [-0.2, -0.15) is 0 Å². The van der Waals surface area contributed by atoms with E-state index < -0.39 is 17.9 Å². The summed E-state index contributed by atoms with van der Waals surface area (Å²) >= 11 is 0. The van der Waals surface area contributed by atoms with Crippen LogP contribution in [0.4, 0.5) is 0 Å². The Morgan fingerprint density at radius 2 is 1.53 bits per heavy atom. The molecule has 1 atom stereocenters. The number of aliphatic carboxylic acids is 2. The smallest absolute Gasteiger partial charge is 0.549 e. The zero-order valence-corrected chi connectivity index (χ0v) is 13.9. The van der Waals surface area contributed by atoms with Crippen molar-refractivity contribution in [1.29, 1.82) is 0 Å². The van der Waals surface area contributed by atoms with Gasteiger partial charge in [-0.1, -0.05) is 26.7 Å². The van der Waals surface area contributed by atoms with Crippen molar-refractivity contribution in [2.24, 2.45) is 11.8 Å². The van der Waals surface area contributed by atoms with E-state index in [1.54, 1.807) is 0 Å². The average Bonchev–Trinajstić information content (AvgIpc) is 1.99. The minimum Gasteiger partial charge on any atom is -0.549 e. The molecule has 0 fully saturated rings. The van der Waals surface area contributed by atoms with E-state index in [2.05, 4.69) is 0 Å². The predicted octanol–water partition coefficient (Wildman–Crippen LogP) is -7.06. The number of rotatable bonds is 6. The number of carboxylic acid groups (broad SMARTS) is 2. The minimum absolute atomic E-state index is 0. The van der Waals surface area contributed by atoms with Gasteiger partial charge >= 0.3 is 59.1 Å². The van der Waals surface area contributed by atoms with E-state index in [4.69, 9.17) is 0 Å². The molecule has 0 aliphatic carbocycles. The van der Waals surface area contributed by atoms with Crippen LogP contribution in [0.2, 0.25) is 0 Å². The molecule has 0 saturated carbocycles. The number of carboxylic acids is 2. The second-order valence-corrected chi connectivity index (χ2v) is 3.32. The first-order valence-corrected chi connectivity index (χ1v) is 4.40. The first kappa shape index (κ1) is 21.2. The predicted molar refractivity (Wildman–Crippen MR) is 42.2 cm³/mol. The summed E-state index contributed by atoms with van der Waals surface area (Å²) < 4.78 is 0. The summed E-state index contributed by atoms with van der Waals surface area (Å²) in [5.74, 6) is -4.50. The van der Waals surface area contributed by atoms with Gasteiger partial charge in [0.15, 0.2) is 0 Å². The Hall–Kier alpha value is 0.940. The van der Waals surface area contributed by atoms with Gasteiger partial charge in [0.2, 0.25) is 0 Å². The van der Waals surface area contributed by atoms with Gasteiger partial charge in [0.25, 0.3) is 0 Å². The number of carbonyl (C=O) groups excluding carboxylic acids is 2. The Kier molecular flexibility index (Phi) is 16.2. The third kappa shape index (κ3) is 9.85. The van der Waals surface area contributed by atoms with E-state index in [0.29, 0.717) is 0 Å². The molecule has 0 aromatic carbocycles. The quantitative estimate of drug-likeness (QED) is 0.336. The van der Waals surface area contributed by atoms with Crippen molar-refractivity contribution in [3.8, 4) is 0 Å². The summed E-state index contributed by atoms with van der Waals surface area (Å²) in [6.07, 6.45) is 1.82. The Morgan fingerprint density at radius 3 is 1.80 bits per heavy atom. The van der Waals surface area contributed by atoms with E-state index in [1.165, 1.54) is 0 Å². The monoisotopic (exact) mass is 232 g/mol. The average molecular weight is 232 g/mol. The van der Waals surface area contributed by atoms with Crippen LogP contribution in [0.1, 0.15) is 33.1 Å². The summed E-state index contributed by atoms with van der Waals surface area (Å²) in [5.41, 5.74) is 0. The molecular formula is C9H14Na2O4. The molecule has 6 heteroatoms. The van der Waals surface area contributed by atoms with Gasteiger partial charge in [-0.3, -0.25) is 0 Å². The molecule has 0 aromatic heterocycles. The minimum atomic E-state index is -1.55. The standard InChI is InChI=1S/C9H16O4.2Na/c1-3-4-6(2)5-7(8(10)11)9(12)13;;/h6-7H,3-5H2,1-2H3,(H,10,11)(H,12,13);;/q;2*+1/p-2. The van der Waals surface area contributed by atoms with E-state index >= 15 is 0 Å². The molecule has 0 radical (unpaired) electrons. The second-order valence-electron chi connectivity index (χ2n) is 3.32. The Morgan fingerprint density at radius 1 is 1.13 bits per heavy atom. The fraction of sp³-hybridized carbons (Fsp3) is 0.778. The Bertz CT molecular complexity index is 183. The molecule has 4 nitrogen and oxygen atoms in total. The van der Waals surface area contributed by atoms with Gasteiger partial charge in [-0.15, -0.1) is 0 Å². The third-order valence-corrected chi connectivity index (χ3v) is 1.99. The van der Waals surface area contributed by atoms with Gasteiger partial charge < -0.3 is 19.8 Å². The molecule has 15 heavy (non-hydrogen) atoms. The molecule has 0 spiro atoms. The van der Waals surface area contributed by atoms with Crippen molar-refractivity contribution in [1.82, 2.24) is 0 Å². The van der Waals surface area contributed by atoms with Crippen LogP contribution < -0.4 is 69.3 Å². The van der Waals surface area contributed by atoms with Crippen molar-refractivity contribution in [3.63, 3.8) is 0 Å². The van der Waals surface area contributed by atoms with E-state index in [0.717, 1.165) is 12.8 Å². The van der Waals surface area contributed by atoms with Crippen molar-refractivity contribution in [2.75, 3.05) is 0 Å². The second kappa shape index (κ2) is 11.4. The number of carbonyl (C=O) groups is 2. The maximum Gasteiger partial charge on any atom is 1.00 e. The first-order chi connectivity index (χ1) is 5.99. The summed E-state index contributed by atoms with van der Waals surface area (Å²) in [7, 11) is 0. The molecule has 0 rings (SSSR count). The molecular weight excluding hydrogens is 218 g/mol. The van der Waals surface area contributed by atoms with Gasteiger partial charge in [0, 0.05) is 5.92 Å². The number of hydrogen-bond acceptors (Lipinski definition) is 4. The van der Waals surface area contributed by atoms with E-state index in [-0.39, 0.29) is 71.5 Å². The summed E-state index contributed by atoms with van der Waals surface area (Å²) in [6.45, 7) is 3.78. The topological polar surface area (TPSA) is 80.3 Å². The maximum atomic E-state index is 10.3. The number of hydrogen-bond donors (Lipinski definition) is 0. The van der Waals surface area contributed by atoms with Crippen LogP contribution in [-0.4, -0.2) is 11.9 Å². The summed E-state index contributed by atoms with van der Waals surface area (Å²) in [5, 5.41) is 20.7. The van der Waals surface area contributed by atoms with Crippen LogP contribution in [0, 0.1) is 11.8 Å². The molecule has 76 valence electrons. The summed E-state index contributed by atoms with van der Waals surface area (Å²) in [4.78, 5) is 20.7. The summed E-state index contributed by atoms with van der Waals surface area (Å²) in [6, 6.07) is 0. The molecule has 0 aliphatic rings. The van der Waals surface area contributed by atoms with Crippen LogP contribution in [0.3, 0.4) is 0 Å². The van der Waals surface area contributed by atoms with E-state index in [1.807, 2.05) is 13.8 Å². The van der Waals surface area contributed by atoms with Crippen LogP contribution in [0.5, 0.6) is 0 Å². The SMILES string of the molecule is CCCC(C)CC(C(=O)[O-])C(=O)[O-].[Na+].[Na+]. The molecule has 0 saturated heterocycles.